The molecule has 0 saturated heterocycles. The molecule has 4 aromatic rings. The second-order valence-electron chi connectivity index (χ2n) is 6.66. The molecule has 0 spiro atoms. The third kappa shape index (κ3) is 2.44. The van der Waals surface area contributed by atoms with Gasteiger partial charge in [0, 0.05) is 35.3 Å². The van der Waals surface area contributed by atoms with Gasteiger partial charge in [0.25, 0.3) is 0 Å². The molecule has 5 rings (SSSR count). The van der Waals surface area contributed by atoms with Crippen molar-refractivity contribution in [1.82, 2.24) is 24.3 Å². The molecular weight excluding hydrogens is 322 g/mol. The molecule has 1 aliphatic heterocycles. The third-order valence-electron chi connectivity index (χ3n) is 4.89. The maximum atomic E-state index is 4.88. The highest BCUT2D eigenvalue weighted by Crippen LogP contribution is 2.26. The summed E-state index contributed by atoms with van der Waals surface area (Å²) >= 11 is 0. The number of benzene rings is 1. The average molecular weight is 341 g/mol. The molecule has 0 atom stereocenters. The minimum absolute atomic E-state index is 0.763. The highest BCUT2D eigenvalue weighted by molar-refractivity contribution is 5.67. The number of aryl methyl sites for hydroxylation is 3. The lowest BCUT2D eigenvalue weighted by molar-refractivity contribution is 0.589. The van der Waals surface area contributed by atoms with E-state index in [0.717, 1.165) is 48.0 Å². The molecule has 0 saturated carbocycles. The Hall–Kier alpha value is -3.21. The molecule has 1 aliphatic rings. The Morgan fingerprint density at radius 2 is 1.88 bits per heavy atom. The molecule has 4 heterocycles. The summed E-state index contributed by atoms with van der Waals surface area (Å²) in [4.78, 5) is 9.33. The van der Waals surface area contributed by atoms with Crippen LogP contribution in [0, 0.1) is 6.92 Å². The molecule has 0 unspecified atom stereocenters. The Balaban J connectivity index is 1.61. The summed E-state index contributed by atoms with van der Waals surface area (Å²) in [7, 11) is 0. The van der Waals surface area contributed by atoms with Crippen LogP contribution in [0.1, 0.15) is 17.8 Å². The van der Waals surface area contributed by atoms with E-state index in [1.165, 1.54) is 11.4 Å². The lowest BCUT2D eigenvalue weighted by Crippen LogP contribution is -2.07. The summed E-state index contributed by atoms with van der Waals surface area (Å²) in [5.41, 5.74) is 5.55. The van der Waals surface area contributed by atoms with E-state index < -0.39 is 0 Å². The molecule has 1 aromatic carbocycles. The molecule has 3 aromatic heterocycles. The minimum atomic E-state index is 0.763. The topological polar surface area (TPSA) is 48.5 Å². The number of rotatable bonds is 2. The van der Waals surface area contributed by atoms with Gasteiger partial charge in [-0.25, -0.2) is 4.68 Å². The molecule has 0 N–H and O–H groups in total. The number of aromatic nitrogens is 5. The lowest BCUT2D eigenvalue weighted by Gasteiger charge is -2.06. The predicted molar refractivity (Wildman–Crippen MR) is 101 cm³/mol. The molecule has 128 valence electrons. The Bertz CT molecular complexity index is 1070. The maximum absolute atomic E-state index is 4.88. The lowest BCUT2D eigenvalue weighted by atomic mass is 10.1. The van der Waals surface area contributed by atoms with Gasteiger partial charge in [0.05, 0.1) is 5.69 Å². The average Bonchev–Trinajstić information content (AvgIpc) is 3.22. The van der Waals surface area contributed by atoms with Crippen LogP contribution >= 0.6 is 0 Å². The predicted octanol–water partition coefficient (Wildman–Crippen LogP) is 4.05. The summed E-state index contributed by atoms with van der Waals surface area (Å²) in [6.45, 7) is 3.01. The van der Waals surface area contributed by atoms with Crippen LogP contribution < -0.4 is 0 Å². The molecule has 0 aliphatic carbocycles. The molecule has 0 radical (unpaired) electrons. The first-order valence-corrected chi connectivity index (χ1v) is 8.94. The summed E-state index contributed by atoms with van der Waals surface area (Å²) in [5, 5.41) is 4.80. The van der Waals surface area contributed by atoms with Gasteiger partial charge in [-0.1, -0.05) is 24.3 Å². The Kier molecular flexibility index (Phi) is 3.45. The minimum Gasteiger partial charge on any atom is -0.287 e. The molecule has 0 fully saturated rings. The second-order valence-corrected chi connectivity index (χ2v) is 6.66. The van der Waals surface area contributed by atoms with Crippen molar-refractivity contribution in [3.63, 3.8) is 0 Å². The number of pyridine rings is 1. The van der Waals surface area contributed by atoms with Crippen LogP contribution in [0.4, 0.5) is 0 Å². The van der Waals surface area contributed by atoms with Gasteiger partial charge in [-0.15, -0.1) is 5.10 Å². The normalized spacial score (nSPS) is 13.1. The quantitative estimate of drug-likeness (QED) is 0.552. The largest absolute Gasteiger partial charge is 0.287 e. The SMILES string of the molecule is Cc1ccc2n1-c1nc(-c3cccc(-c4ccccn4)c3)nn1CCC2. The summed E-state index contributed by atoms with van der Waals surface area (Å²) in [5.74, 6) is 1.68. The van der Waals surface area contributed by atoms with Crippen LogP contribution in [0.5, 0.6) is 0 Å². The van der Waals surface area contributed by atoms with Crippen molar-refractivity contribution in [1.29, 1.82) is 0 Å². The first-order valence-electron chi connectivity index (χ1n) is 8.94. The van der Waals surface area contributed by atoms with E-state index in [9.17, 15) is 0 Å². The number of nitrogens with zero attached hydrogens (tertiary/aromatic N) is 5. The zero-order chi connectivity index (χ0) is 17.5. The van der Waals surface area contributed by atoms with E-state index in [1.807, 2.05) is 35.1 Å². The number of fused-ring (bicyclic) bond motifs is 3. The van der Waals surface area contributed by atoms with Gasteiger partial charge in [-0.05, 0) is 50.1 Å². The van der Waals surface area contributed by atoms with E-state index in [2.05, 4.69) is 46.8 Å². The smallest absolute Gasteiger partial charge is 0.233 e. The Morgan fingerprint density at radius 1 is 0.962 bits per heavy atom. The fraction of sp³-hybridized carbons (Fsp3) is 0.190. The highest BCUT2D eigenvalue weighted by Gasteiger charge is 2.20. The fourth-order valence-corrected chi connectivity index (χ4v) is 3.61. The summed E-state index contributed by atoms with van der Waals surface area (Å²) in [6.07, 6.45) is 3.95. The van der Waals surface area contributed by atoms with Crippen molar-refractivity contribution in [3.8, 4) is 28.6 Å². The number of hydrogen-bond acceptors (Lipinski definition) is 3. The van der Waals surface area contributed by atoms with Crippen LogP contribution in [0.15, 0.2) is 60.8 Å². The molecule has 0 bridgehead atoms. The van der Waals surface area contributed by atoms with Gasteiger partial charge in [-0.3, -0.25) is 9.55 Å². The molecule has 5 nitrogen and oxygen atoms in total. The van der Waals surface area contributed by atoms with Crippen LogP contribution in [-0.4, -0.2) is 24.3 Å². The molecular formula is C21H19N5. The molecule has 5 heteroatoms. The zero-order valence-electron chi connectivity index (χ0n) is 14.6. The van der Waals surface area contributed by atoms with Crippen molar-refractivity contribution in [3.05, 3.63) is 72.2 Å². The van der Waals surface area contributed by atoms with Crippen LogP contribution in [-0.2, 0) is 13.0 Å². The van der Waals surface area contributed by atoms with Crippen molar-refractivity contribution >= 4 is 0 Å². The third-order valence-corrected chi connectivity index (χ3v) is 4.89. The monoisotopic (exact) mass is 341 g/mol. The van der Waals surface area contributed by atoms with Gasteiger partial charge in [0.2, 0.25) is 5.95 Å². The molecule has 0 amide bonds. The summed E-state index contributed by atoms with van der Waals surface area (Å²) < 4.78 is 4.26. The van der Waals surface area contributed by atoms with Crippen LogP contribution in [0.2, 0.25) is 0 Å². The van der Waals surface area contributed by atoms with Gasteiger partial charge in [-0.2, -0.15) is 4.98 Å². The second kappa shape index (κ2) is 5.95. The zero-order valence-corrected chi connectivity index (χ0v) is 14.6. The van der Waals surface area contributed by atoms with E-state index in [-0.39, 0.29) is 0 Å². The highest BCUT2D eigenvalue weighted by atomic mass is 15.4. The maximum Gasteiger partial charge on any atom is 0.233 e. The van der Waals surface area contributed by atoms with Crippen molar-refractivity contribution in [2.24, 2.45) is 0 Å². The van der Waals surface area contributed by atoms with Crippen molar-refractivity contribution in [2.45, 2.75) is 26.3 Å². The Labute approximate surface area is 152 Å². The van der Waals surface area contributed by atoms with Crippen LogP contribution in [0.25, 0.3) is 28.6 Å². The summed E-state index contributed by atoms with van der Waals surface area (Å²) in [6, 6.07) is 18.6. The van der Waals surface area contributed by atoms with E-state index in [4.69, 9.17) is 10.1 Å². The van der Waals surface area contributed by atoms with Gasteiger partial charge in [0.1, 0.15) is 0 Å². The van der Waals surface area contributed by atoms with E-state index in [1.54, 1.807) is 0 Å². The van der Waals surface area contributed by atoms with E-state index in [0.29, 0.717) is 0 Å². The van der Waals surface area contributed by atoms with Crippen molar-refractivity contribution < 1.29 is 0 Å². The van der Waals surface area contributed by atoms with Gasteiger partial charge in [0.15, 0.2) is 5.82 Å². The Morgan fingerprint density at radius 3 is 2.77 bits per heavy atom. The fourth-order valence-electron chi connectivity index (χ4n) is 3.61. The number of hydrogen-bond donors (Lipinski definition) is 0. The standard InChI is InChI=1S/C21H19N5/c1-15-10-11-18-8-5-13-25-21(26(15)18)23-20(24-25)17-7-4-6-16(14-17)19-9-2-3-12-22-19/h2-4,6-7,9-12,14H,5,8,13H2,1H3. The first kappa shape index (κ1) is 15.1. The van der Waals surface area contributed by atoms with Gasteiger partial charge >= 0.3 is 0 Å². The van der Waals surface area contributed by atoms with E-state index >= 15 is 0 Å². The molecule has 26 heavy (non-hydrogen) atoms. The van der Waals surface area contributed by atoms with Crippen molar-refractivity contribution in [2.75, 3.05) is 0 Å². The first-order chi connectivity index (χ1) is 12.8. The van der Waals surface area contributed by atoms with Gasteiger partial charge < -0.3 is 0 Å². The van der Waals surface area contributed by atoms with Crippen LogP contribution in [0.3, 0.4) is 0 Å².